The SMILES string of the molecule is O=C1NC2(CCCC2)C(=O)N1CN1CCN(c2cccc(C(F)(F)F)c2)CC1. The molecule has 0 bridgehead atoms. The molecule has 28 heavy (non-hydrogen) atoms. The van der Waals surface area contributed by atoms with Gasteiger partial charge in [0.2, 0.25) is 0 Å². The largest absolute Gasteiger partial charge is 0.416 e. The molecule has 152 valence electrons. The van der Waals surface area contributed by atoms with Crippen LogP contribution < -0.4 is 10.2 Å². The number of carbonyl (C=O) groups is 2. The molecule has 3 fully saturated rings. The van der Waals surface area contributed by atoms with Gasteiger partial charge < -0.3 is 10.2 Å². The highest BCUT2D eigenvalue weighted by Crippen LogP contribution is 2.35. The van der Waals surface area contributed by atoms with Crippen molar-refractivity contribution in [2.24, 2.45) is 0 Å². The number of imide groups is 1. The third kappa shape index (κ3) is 3.43. The van der Waals surface area contributed by atoms with Crippen LogP contribution in [0.5, 0.6) is 0 Å². The van der Waals surface area contributed by atoms with Crippen LogP contribution in [-0.4, -0.2) is 60.1 Å². The van der Waals surface area contributed by atoms with E-state index in [0.29, 0.717) is 44.7 Å². The highest BCUT2D eigenvalue weighted by Gasteiger charge is 2.52. The van der Waals surface area contributed by atoms with Crippen LogP contribution in [0.2, 0.25) is 0 Å². The Morgan fingerprint density at radius 2 is 1.71 bits per heavy atom. The highest BCUT2D eigenvalue weighted by atomic mass is 19.4. The van der Waals surface area contributed by atoms with E-state index in [-0.39, 0.29) is 18.6 Å². The number of carbonyl (C=O) groups excluding carboxylic acids is 2. The van der Waals surface area contributed by atoms with Crippen LogP contribution in [0.1, 0.15) is 31.2 Å². The predicted molar refractivity (Wildman–Crippen MR) is 96.7 cm³/mol. The van der Waals surface area contributed by atoms with Gasteiger partial charge in [-0.2, -0.15) is 13.2 Å². The van der Waals surface area contributed by atoms with Gasteiger partial charge in [0, 0.05) is 31.9 Å². The van der Waals surface area contributed by atoms with Gasteiger partial charge >= 0.3 is 12.2 Å². The lowest BCUT2D eigenvalue weighted by Crippen LogP contribution is -2.52. The fraction of sp³-hybridized carbons (Fsp3) is 0.579. The van der Waals surface area contributed by atoms with Gasteiger partial charge in [-0.3, -0.25) is 9.69 Å². The Kier molecular flexibility index (Phi) is 4.73. The molecule has 9 heteroatoms. The molecule has 3 amide bonds. The molecule has 4 rings (SSSR count). The molecule has 6 nitrogen and oxygen atoms in total. The summed E-state index contributed by atoms with van der Waals surface area (Å²) in [5, 5.41) is 2.87. The number of hydrogen-bond acceptors (Lipinski definition) is 4. The quantitative estimate of drug-likeness (QED) is 0.799. The smallest absolute Gasteiger partial charge is 0.369 e. The fourth-order valence-corrected chi connectivity index (χ4v) is 4.35. The minimum Gasteiger partial charge on any atom is -0.369 e. The van der Waals surface area contributed by atoms with E-state index in [0.717, 1.165) is 25.0 Å². The Hall–Kier alpha value is -2.29. The van der Waals surface area contributed by atoms with Crippen LogP contribution in [0.25, 0.3) is 0 Å². The summed E-state index contributed by atoms with van der Waals surface area (Å²) in [5.74, 6) is -0.143. The van der Waals surface area contributed by atoms with Crippen molar-refractivity contribution in [3.63, 3.8) is 0 Å². The molecule has 0 aromatic heterocycles. The zero-order valence-electron chi connectivity index (χ0n) is 15.5. The van der Waals surface area contributed by atoms with Crippen LogP contribution in [-0.2, 0) is 11.0 Å². The van der Waals surface area contributed by atoms with Gasteiger partial charge in [-0.05, 0) is 31.0 Å². The minimum absolute atomic E-state index is 0.143. The molecule has 2 heterocycles. The number of piperazine rings is 1. The van der Waals surface area contributed by atoms with Gasteiger partial charge in [-0.15, -0.1) is 0 Å². The van der Waals surface area contributed by atoms with Crippen molar-refractivity contribution < 1.29 is 22.8 Å². The molecule has 2 saturated heterocycles. The van der Waals surface area contributed by atoms with Crippen LogP contribution in [0, 0.1) is 0 Å². The zero-order chi connectivity index (χ0) is 19.9. The Labute approximate surface area is 161 Å². The number of hydrogen-bond donors (Lipinski definition) is 1. The van der Waals surface area contributed by atoms with Crippen molar-refractivity contribution in [2.75, 3.05) is 37.7 Å². The van der Waals surface area contributed by atoms with Crippen molar-refractivity contribution in [3.05, 3.63) is 29.8 Å². The number of halogens is 3. The van der Waals surface area contributed by atoms with E-state index in [1.807, 2.05) is 9.80 Å². The van der Waals surface area contributed by atoms with E-state index in [2.05, 4.69) is 5.32 Å². The first kappa shape index (κ1) is 19.0. The summed E-state index contributed by atoms with van der Waals surface area (Å²) in [7, 11) is 0. The molecule has 1 saturated carbocycles. The van der Waals surface area contributed by atoms with Crippen molar-refractivity contribution >= 4 is 17.6 Å². The van der Waals surface area contributed by atoms with Gasteiger partial charge in [0.1, 0.15) is 5.54 Å². The number of benzene rings is 1. The van der Waals surface area contributed by atoms with Crippen LogP contribution >= 0.6 is 0 Å². The summed E-state index contributed by atoms with van der Waals surface area (Å²) in [6, 6.07) is 4.98. The van der Waals surface area contributed by atoms with E-state index in [4.69, 9.17) is 0 Å². The summed E-state index contributed by atoms with van der Waals surface area (Å²) in [6.45, 7) is 2.44. The summed E-state index contributed by atoms with van der Waals surface area (Å²) in [4.78, 5) is 30.2. The third-order valence-corrected chi connectivity index (χ3v) is 5.96. The Morgan fingerprint density at radius 1 is 1.04 bits per heavy atom. The lowest BCUT2D eigenvalue weighted by molar-refractivity contribution is -0.137. The number of amides is 3. The number of rotatable bonds is 3. The monoisotopic (exact) mass is 396 g/mol. The molecule has 1 aromatic carbocycles. The molecular formula is C19H23F3N4O2. The maximum Gasteiger partial charge on any atom is 0.416 e. The lowest BCUT2D eigenvalue weighted by atomic mass is 9.98. The van der Waals surface area contributed by atoms with Crippen LogP contribution in [0.3, 0.4) is 0 Å². The Bertz CT molecular complexity index is 769. The molecule has 2 aliphatic heterocycles. The topological polar surface area (TPSA) is 55.9 Å². The summed E-state index contributed by atoms with van der Waals surface area (Å²) in [6.07, 6.45) is -1.10. The highest BCUT2D eigenvalue weighted by molar-refractivity contribution is 6.07. The van der Waals surface area contributed by atoms with Crippen molar-refractivity contribution in [1.82, 2.24) is 15.1 Å². The molecule has 0 radical (unpaired) electrons. The number of anilines is 1. The van der Waals surface area contributed by atoms with Crippen molar-refractivity contribution in [2.45, 2.75) is 37.4 Å². The molecular weight excluding hydrogens is 373 g/mol. The fourth-order valence-electron chi connectivity index (χ4n) is 4.35. The summed E-state index contributed by atoms with van der Waals surface area (Å²) in [5.41, 5.74) is -0.834. The maximum absolute atomic E-state index is 12.9. The normalized spacial score (nSPS) is 23.0. The second kappa shape index (κ2) is 6.95. The van der Waals surface area contributed by atoms with E-state index in [1.54, 1.807) is 6.07 Å². The molecule has 0 atom stereocenters. The Morgan fingerprint density at radius 3 is 2.36 bits per heavy atom. The van der Waals surface area contributed by atoms with Crippen molar-refractivity contribution in [3.8, 4) is 0 Å². The molecule has 1 spiro atoms. The second-order valence-electron chi connectivity index (χ2n) is 7.75. The number of urea groups is 1. The standard InChI is InChI=1S/C19H23F3N4O2/c20-19(21,22)14-4-3-5-15(12-14)25-10-8-24(9-11-25)13-26-16(27)18(23-17(26)28)6-1-2-7-18/h3-5,12H,1-2,6-11,13H2,(H,23,28). The Balaban J connectivity index is 1.36. The van der Waals surface area contributed by atoms with E-state index in [9.17, 15) is 22.8 Å². The summed E-state index contributed by atoms with van der Waals surface area (Å²) >= 11 is 0. The van der Waals surface area contributed by atoms with E-state index in [1.165, 1.54) is 11.0 Å². The van der Waals surface area contributed by atoms with Gasteiger partial charge in [-0.25, -0.2) is 9.69 Å². The first-order chi connectivity index (χ1) is 13.3. The predicted octanol–water partition coefficient (Wildman–Crippen LogP) is 2.65. The number of alkyl halides is 3. The molecule has 3 aliphatic rings. The van der Waals surface area contributed by atoms with Crippen LogP contribution in [0.15, 0.2) is 24.3 Å². The average molecular weight is 396 g/mol. The van der Waals surface area contributed by atoms with E-state index < -0.39 is 17.3 Å². The zero-order valence-corrected chi connectivity index (χ0v) is 15.5. The van der Waals surface area contributed by atoms with Gasteiger partial charge in [0.05, 0.1) is 12.2 Å². The van der Waals surface area contributed by atoms with Gasteiger partial charge in [-0.1, -0.05) is 18.9 Å². The number of nitrogens with zero attached hydrogens (tertiary/aromatic N) is 3. The van der Waals surface area contributed by atoms with Gasteiger partial charge in [0.25, 0.3) is 5.91 Å². The average Bonchev–Trinajstić information content (AvgIpc) is 3.23. The van der Waals surface area contributed by atoms with Crippen LogP contribution in [0.4, 0.5) is 23.7 Å². The number of nitrogens with one attached hydrogen (secondary N) is 1. The third-order valence-electron chi connectivity index (χ3n) is 5.96. The summed E-state index contributed by atoms with van der Waals surface area (Å²) < 4.78 is 38.8. The van der Waals surface area contributed by atoms with E-state index >= 15 is 0 Å². The molecule has 1 aromatic rings. The maximum atomic E-state index is 12.9. The van der Waals surface area contributed by atoms with Gasteiger partial charge in [0.15, 0.2) is 0 Å². The second-order valence-corrected chi connectivity index (χ2v) is 7.75. The molecule has 1 N–H and O–H groups in total. The van der Waals surface area contributed by atoms with Crippen molar-refractivity contribution in [1.29, 1.82) is 0 Å². The minimum atomic E-state index is -4.36. The molecule has 1 aliphatic carbocycles. The first-order valence-electron chi connectivity index (χ1n) is 9.57. The molecule has 0 unspecified atom stereocenters. The first-order valence-corrected chi connectivity index (χ1v) is 9.57. The lowest BCUT2D eigenvalue weighted by Gasteiger charge is -2.37.